The van der Waals surface area contributed by atoms with Gasteiger partial charge in [0, 0.05) is 12.2 Å². The highest BCUT2D eigenvalue weighted by atomic mass is 35.5. The average molecular weight is 514 g/mol. The van der Waals surface area contributed by atoms with Gasteiger partial charge in [0.15, 0.2) is 0 Å². The van der Waals surface area contributed by atoms with Crippen LogP contribution in [0, 0.1) is 5.82 Å². The van der Waals surface area contributed by atoms with E-state index in [1.54, 1.807) is 17.4 Å². The Morgan fingerprint density at radius 1 is 1.11 bits per heavy atom. The molecule has 2 amide bonds. The lowest BCUT2D eigenvalue weighted by Crippen LogP contribution is -2.52. The molecule has 1 fully saturated rings. The van der Waals surface area contributed by atoms with Crippen LogP contribution in [0.5, 0.6) is 5.88 Å². The van der Waals surface area contributed by atoms with Gasteiger partial charge in [-0.15, -0.1) is 0 Å². The molecule has 1 aliphatic rings. The highest BCUT2D eigenvalue weighted by Crippen LogP contribution is 2.40. The average Bonchev–Trinajstić information content (AvgIpc) is 3.51. The topological polar surface area (TPSA) is 110 Å². The largest absolute Gasteiger partial charge is 0.512 e. The second-order valence-electron chi connectivity index (χ2n) is 7.84. The van der Waals surface area contributed by atoms with Crippen molar-refractivity contribution in [3.8, 4) is 11.6 Å². The van der Waals surface area contributed by atoms with Crippen molar-refractivity contribution in [1.29, 1.82) is 0 Å². The number of hydrogen-bond acceptors (Lipinski definition) is 4. The number of nitrogens with zero attached hydrogens (tertiary/aromatic N) is 1. The van der Waals surface area contributed by atoms with E-state index in [0.29, 0.717) is 11.3 Å². The van der Waals surface area contributed by atoms with Gasteiger partial charge in [0.05, 0.1) is 10.9 Å². The number of rotatable bonds is 6. The summed E-state index contributed by atoms with van der Waals surface area (Å²) in [6, 6.07) is 10.3. The van der Waals surface area contributed by atoms with Gasteiger partial charge >= 0.3 is 18.2 Å². The normalized spacial score (nSPS) is 14.4. The number of alkyl halides is 3. The van der Waals surface area contributed by atoms with Gasteiger partial charge in [-0.1, -0.05) is 29.8 Å². The summed E-state index contributed by atoms with van der Waals surface area (Å²) in [7, 11) is 0. The predicted octanol–water partition coefficient (Wildman–Crippen LogP) is 4.31. The maximum atomic E-state index is 14.4. The van der Waals surface area contributed by atoms with E-state index in [-0.39, 0.29) is 41.2 Å². The Morgan fingerprint density at radius 3 is 2.34 bits per heavy atom. The fourth-order valence-electron chi connectivity index (χ4n) is 3.60. The first kappa shape index (κ1) is 24.3. The quantitative estimate of drug-likeness (QED) is 0.336. The molecule has 1 saturated carbocycles. The fourth-order valence-corrected chi connectivity index (χ4v) is 3.91. The van der Waals surface area contributed by atoms with E-state index in [4.69, 9.17) is 21.4 Å². The van der Waals surface area contributed by atoms with Crippen molar-refractivity contribution in [1.82, 2.24) is 15.2 Å². The van der Waals surface area contributed by atoms with Crippen molar-refractivity contribution in [3.63, 3.8) is 0 Å². The number of amides is 2. The van der Waals surface area contributed by atoms with Crippen LogP contribution in [0.4, 0.5) is 22.4 Å². The van der Waals surface area contributed by atoms with E-state index >= 15 is 0 Å². The molecule has 0 saturated heterocycles. The van der Waals surface area contributed by atoms with Gasteiger partial charge in [0.2, 0.25) is 11.8 Å². The van der Waals surface area contributed by atoms with Gasteiger partial charge in [-0.05, 0) is 42.7 Å². The summed E-state index contributed by atoms with van der Waals surface area (Å²) in [5.41, 5.74) is -0.409. The number of aromatic nitrogens is 1. The molecule has 0 aliphatic heterocycles. The summed E-state index contributed by atoms with van der Waals surface area (Å²) >= 11 is 6.19. The third kappa shape index (κ3) is 4.74. The molecule has 2 aromatic carbocycles. The zero-order valence-corrected chi connectivity index (χ0v) is 18.3. The van der Waals surface area contributed by atoms with Crippen molar-refractivity contribution in [2.24, 2.45) is 0 Å². The summed E-state index contributed by atoms with van der Waals surface area (Å²) in [4.78, 5) is 34.7. The first-order chi connectivity index (χ1) is 16.4. The van der Waals surface area contributed by atoms with Crippen molar-refractivity contribution >= 4 is 40.5 Å². The van der Waals surface area contributed by atoms with Crippen LogP contribution in [0.2, 0.25) is 5.02 Å². The summed E-state index contributed by atoms with van der Waals surface area (Å²) < 4.78 is 58.0. The maximum absolute atomic E-state index is 14.4. The Labute approximate surface area is 199 Å². The van der Waals surface area contributed by atoms with Crippen LogP contribution in [0.25, 0.3) is 16.6 Å². The predicted molar refractivity (Wildman–Crippen MR) is 115 cm³/mol. The molecule has 1 aliphatic carbocycles. The minimum Gasteiger partial charge on any atom is -0.449 e. The fraction of sp³-hybridized carbons (Fsp3) is 0.227. The molecule has 1 heterocycles. The molecule has 184 valence electrons. The van der Waals surface area contributed by atoms with E-state index in [1.165, 1.54) is 34.9 Å². The third-order valence-electron chi connectivity index (χ3n) is 5.47. The maximum Gasteiger partial charge on any atom is 0.512 e. The van der Waals surface area contributed by atoms with Crippen molar-refractivity contribution in [2.75, 3.05) is 0 Å². The monoisotopic (exact) mass is 513 g/mol. The van der Waals surface area contributed by atoms with E-state index in [9.17, 15) is 31.9 Å². The summed E-state index contributed by atoms with van der Waals surface area (Å²) in [5, 5.41) is 13.0. The molecule has 13 heteroatoms. The summed E-state index contributed by atoms with van der Waals surface area (Å²) in [6.45, 7) is -0.0525. The minimum absolute atomic E-state index is 0.0302. The molecular weight excluding hydrogens is 498 g/mol. The molecule has 1 aromatic heterocycles. The number of halogens is 5. The molecule has 4 rings (SSSR count). The van der Waals surface area contributed by atoms with E-state index in [0.717, 1.165) is 0 Å². The van der Waals surface area contributed by atoms with Crippen LogP contribution < -0.4 is 15.4 Å². The van der Waals surface area contributed by atoms with Crippen molar-refractivity contribution < 1.29 is 41.8 Å². The lowest BCUT2D eigenvalue weighted by molar-refractivity contribution is -0.175. The lowest BCUT2D eigenvalue weighted by atomic mass is 10.1. The van der Waals surface area contributed by atoms with Gasteiger partial charge in [-0.2, -0.15) is 13.2 Å². The first-order valence-electron chi connectivity index (χ1n) is 10.1. The number of nitrogens with one attached hydrogen (secondary N) is 2. The van der Waals surface area contributed by atoms with Crippen LogP contribution in [0.1, 0.15) is 18.4 Å². The second kappa shape index (κ2) is 8.77. The van der Waals surface area contributed by atoms with Crippen molar-refractivity contribution in [3.05, 3.63) is 58.9 Å². The molecule has 3 aromatic rings. The zero-order chi connectivity index (χ0) is 25.5. The number of ether oxygens (including phenoxy) is 1. The van der Waals surface area contributed by atoms with Gasteiger partial charge in [-0.3, -0.25) is 14.2 Å². The third-order valence-corrected chi connectivity index (χ3v) is 5.82. The molecule has 35 heavy (non-hydrogen) atoms. The highest BCUT2D eigenvalue weighted by molar-refractivity contribution is 6.37. The summed E-state index contributed by atoms with van der Waals surface area (Å²) in [5.74, 6) is -3.90. The molecule has 0 unspecified atom stereocenters. The summed E-state index contributed by atoms with van der Waals surface area (Å²) in [6.07, 6.45) is -6.57. The van der Waals surface area contributed by atoms with Crippen LogP contribution >= 0.6 is 11.6 Å². The van der Waals surface area contributed by atoms with Gasteiger partial charge in [0.1, 0.15) is 16.4 Å². The number of carboxylic acid groups (broad SMARTS) is 1. The first-order valence-corrected chi connectivity index (χ1v) is 10.5. The number of hydrogen-bond donors (Lipinski definition) is 3. The molecular formula is C22H16ClF4N3O5. The number of benzene rings is 2. The molecule has 0 bridgehead atoms. The molecule has 0 spiro atoms. The van der Waals surface area contributed by atoms with Crippen molar-refractivity contribution in [2.45, 2.75) is 31.1 Å². The van der Waals surface area contributed by atoms with Gasteiger partial charge in [-0.25, -0.2) is 9.18 Å². The molecule has 0 atom stereocenters. The Balaban J connectivity index is 1.53. The van der Waals surface area contributed by atoms with Crippen LogP contribution in [-0.2, 0) is 16.1 Å². The Kier molecular flexibility index (Phi) is 6.09. The zero-order valence-electron chi connectivity index (χ0n) is 17.6. The molecule has 3 N–H and O–H groups in total. The van der Waals surface area contributed by atoms with E-state index in [1.807, 2.05) is 0 Å². The smallest absolute Gasteiger partial charge is 0.449 e. The number of fused-ring (bicyclic) bond motifs is 1. The van der Waals surface area contributed by atoms with E-state index < -0.39 is 35.5 Å². The Morgan fingerprint density at radius 2 is 1.77 bits per heavy atom. The van der Waals surface area contributed by atoms with Gasteiger partial charge in [0.25, 0.3) is 0 Å². The van der Waals surface area contributed by atoms with Gasteiger partial charge < -0.3 is 20.5 Å². The molecule has 8 nitrogen and oxygen atoms in total. The molecule has 0 radical (unpaired) electrons. The second-order valence-corrected chi connectivity index (χ2v) is 8.22. The lowest BCUT2D eigenvalue weighted by Gasteiger charge is -2.18. The van der Waals surface area contributed by atoms with Crippen LogP contribution in [0.3, 0.4) is 0 Å². The minimum atomic E-state index is -5.09. The van der Waals surface area contributed by atoms with Crippen LogP contribution in [-0.4, -0.2) is 39.4 Å². The van der Waals surface area contributed by atoms with Crippen LogP contribution in [0.15, 0.2) is 42.5 Å². The number of carbonyl (C=O) groups excluding carboxylic acids is 2. The SMILES string of the molecule is O=C(O)Oc1c(Cl)c2c(F)cccc2n1-c1ccc(CNC(=O)C2(NC(=O)C(F)(F)F)CC2)cc1. The number of carbonyl (C=O) groups is 3. The van der Waals surface area contributed by atoms with E-state index in [2.05, 4.69) is 5.32 Å². The Hall–Kier alpha value is -3.80. The Bertz CT molecular complexity index is 1330. The standard InChI is InChI=1S/C22H16ClF4N3O5/c23-16-15-13(24)2-1-3-14(15)30(17(16)35-20(33)34)12-6-4-11(5-7-12)10-28-18(31)21(8-9-21)29-19(32)22(25,26)27/h1-7H,8-10H2,(H,28,31)(H,29,32)(H,33,34). The highest BCUT2D eigenvalue weighted by Gasteiger charge is 2.54.